The van der Waals surface area contributed by atoms with Crippen LogP contribution in [0.3, 0.4) is 0 Å². The smallest absolute Gasteiger partial charge is 0.324 e. The fraction of sp³-hybridized carbons (Fsp3) is 0.417. The first kappa shape index (κ1) is 13.9. The monoisotopic (exact) mass is 253 g/mol. The number of hydrogen-bond donors (Lipinski definition) is 2. The quantitative estimate of drug-likeness (QED) is 0.808. The first-order valence-corrected chi connectivity index (χ1v) is 7.08. The minimum absolute atomic E-state index is 0.361. The summed E-state index contributed by atoms with van der Waals surface area (Å²) in [5.41, 5.74) is 1.08. The summed E-state index contributed by atoms with van der Waals surface area (Å²) in [5, 5.41) is 7.56. The number of benzene rings is 1. The predicted octanol–water partition coefficient (Wildman–Crippen LogP) is 2.75. The Morgan fingerprint density at radius 2 is 1.71 bits per heavy atom. The topological polar surface area (TPSA) is 81.3 Å². The van der Waals surface area contributed by atoms with E-state index in [1.54, 1.807) is 38.1 Å². The largest absolute Gasteiger partial charge is 0.335 e. The minimum Gasteiger partial charge on any atom is -0.324 e. The van der Waals surface area contributed by atoms with Crippen LogP contribution in [0.2, 0.25) is 0 Å². The molecule has 0 fully saturated rings. The summed E-state index contributed by atoms with van der Waals surface area (Å²) in [6.07, 6.45) is 0.722. The van der Waals surface area contributed by atoms with Crippen LogP contribution in [0.25, 0.3) is 0 Å². The second kappa shape index (κ2) is 5.01. The van der Waals surface area contributed by atoms with Gasteiger partial charge in [0.25, 0.3) is 0 Å². The van der Waals surface area contributed by atoms with Gasteiger partial charge in [-0.1, -0.05) is 26.0 Å². The fourth-order valence-electron chi connectivity index (χ4n) is 2.09. The lowest BCUT2D eigenvalue weighted by atomic mass is 9.92. The third-order valence-electron chi connectivity index (χ3n) is 3.28. The van der Waals surface area contributed by atoms with Crippen molar-refractivity contribution in [3.63, 3.8) is 0 Å². The lowest BCUT2D eigenvalue weighted by Gasteiger charge is -2.32. The normalized spacial score (nSPS) is 12.2. The molecule has 0 atom stereocenters. The highest BCUT2D eigenvalue weighted by atomic mass is 31.2. The maximum atomic E-state index is 11.7. The van der Waals surface area contributed by atoms with E-state index in [1.807, 2.05) is 6.07 Å². The van der Waals surface area contributed by atoms with Crippen molar-refractivity contribution < 1.29 is 14.4 Å². The van der Waals surface area contributed by atoms with E-state index >= 15 is 0 Å². The second-order valence-corrected chi connectivity index (χ2v) is 5.92. The molecule has 0 aromatic heterocycles. The maximum Gasteiger partial charge on any atom is 0.335 e. The SMILES string of the molecule is CCC(CC)(c1ccc(C#N)cc1)P(=O)(O)O. The Morgan fingerprint density at radius 3 is 2.00 bits per heavy atom. The summed E-state index contributed by atoms with van der Waals surface area (Å²) < 4.78 is 11.7. The van der Waals surface area contributed by atoms with Crippen molar-refractivity contribution in [3.8, 4) is 6.07 Å². The van der Waals surface area contributed by atoms with E-state index in [0.29, 0.717) is 24.0 Å². The van der Waals surface area contributed by atoms with Gasteiger partial charge >= 0.3 is 7.60 Å². The molecule has 17 heavy (non-hydrogen) atoms. The zero-order chi connectivity index (χ0) is 13.1. The van der Waals surface area contributed by atoms with Crippen molar-refractivity contribution in [1.29, 1.82) is 5.26 Å². The first-order chi connectivity index (χ1) is 7.91. The van der Waals surface area contributed by atoms with Gasteiger partial charge in [0.2, 0.25) is 0 Å². The summed E-state index contributed by atoms with van der Waals surface area (Å²) in [6, 6.07) is 8.42. The molecule has 92 valence electrons. The van der Waals surface area contributed by atoms with Gasteiger partial charge in [-0.25, -0.2) is 0 Å². The molecule has 0 bridgehead atoms. The van der Waals surface area contributed by atoms with Crippen LogP contribution in [0.4, 0.5) is 0 Å². The first-order valence-electron chi connectivity index (χ1n) is 5.47. The Kier molecular flexibility index (Phi) is 4.11. The van der Waals surface area contributed by atoms with Crippen molar-refractivity contribution >= 4 is 7.60 Å². The van der Waals surface area contributed by atoms with Crippen molar-refractivity contribution in [2.75, 3.05) is 0 Å². The minimum atomic E-state index is -4.24. The van der Waals surface area contributed by atoms with Crippen LogP contribution in [0.15, 0.2) is 24.3 Å². The molecule has 0 spiro atoms. The van der Waals surface area contributed by atoms with Crippen molar-refractivity contribution in [2.24, 2.45) is 0 Å². The van der Waals surface area contributed by atoms with Crippen LogP contribution in [-0.4, -0.2) is 9.79 Å². The summed E-state index contributed by atoms with van der Waals surface area (Å²) >= 11 is 0. The zero-order valence-corrected chi connectivity index (χ0v) is 10.8. The highest BCUT2D eigenvalue weighted by molar-refractivity contribution is 7.53. The number of rotatable bonds is 4. The third kappa shape index (κ3) is 2.42. The molecular formula is C12H16NO3P. The van der Waals surface area contributed by atoms with Gasteiger partial charge in [0.15, 0.2) is 0 Å². The van der Waals surface area contributed by atoms with E-state index in [-0.39, 0.29) is 0 Å². The molecule has 0 unspecified atom stereocenters. The van der Waals surface area contributed by atoms with Gasteiger partial charge in [-0.05, 0) is 30.5 Å². The van der Waals surface area contributed by atoms with E-state index in [4.69, 9.17) is 5.26 Å². The molecule has 0 aliphatic heterocycles. The van der Waals surface area contributed by atoms with Gasteiger partial charge in [0, 0.05) is 0 Å². The number of nitrogens with zero attached hydrogens (tertiary/aromatic N) is 1. The summed E-state index contributed by atoms with van der Waals surface area (Å²) in [6.45, 7) is 3.53. The maximum absolute atomic E-state index is 11.7. The molecule has 0 heterocycles. The van der Waals surface area contributed by atoms with Gasteiger partial charge in [-0.3, -0.25) is 4.57 Å². The Balaban J connectivity index is 3.33. The molecular weight excluding hydrogens is 237 g/mol. The molecule has 1 rings (SSSR count). The average Bonchev–Trinajstić information content (AvgIpc) is 2.30. The van der Waals surface area contributed by atoms with Crippen LogP contribution in [0, 0.1) is 11.3 Å². The second-order valence-electron chi connectivity index (χ2n) is 3.97. The van der Waals surface area contributed by atoms with Crippen LogP contribution < -0.4 is 0 Å². The van der Waals surface area contributed by atoms with Gasteiger partial charge in [0.05, 0.1) is 16.8 Å². The van der Waals surface area contributed by atoms with E-state index < -0.39 is 12.8 Å². The summed E-state index contributed by atoms with van der Waals surface area (Å²) in [4.78, 5) is 19.1. The molecule has 1 aromatic carbocycles. The summed E-state index contributed by atoms with van der Waals surface area (Å²) in [5.74, 6) is 0. The van der Waals surface area contributed by atoms with E-state index in [2.05, 4.69) is 0 Å². The lowest BCUT2D eigenvalue weighted by molar-refractivity contribution is 0.315. The summed E-state index contributed by atoms with van der Waals surface area (Å²) in [7, 11) is -4.24. The standard InChI is InChI=1S/C12H16NO3P/c1-3-12(4-2,17(14,15)16)11-7-5-10(9-13)6-8-11/h5-8H,3-4H2,1-2H3,(H2,14,15,16). The highest BCUT2D eigenvalue weighted by Crippen LogP contribution is 2.60. The molecule has 0 saturated carbocycles. The molecule has 0 amide bonds. The third-order valence-corrected chi connectivity index (χ3v) is 5.28. The van der Waals surface area contributed by atoms with Gasteiger partial charge in [-0.15, -0.1) is 0 Å². The van der Waals surface area contributed by atoms with Crippen molar-refractivity contribution in [2.45, 2.75) is 31.8 Å². The predicted molar refractivity (Wildman–Crippen MR) is 65.5 cm³/mol. The Labute approximate surface area is 101 Å². The lowest BCUT2D eigenvalue weighted by Crippen LogP contribution is -2.24. The van der Waals surface area contributed by atoms with E-state index in [0.717, 1.165) is 0 Å². The van der Waals surface area contributed by atoms with Crippen LogP contribution >= 0.6 is 7.60 Å². The van der Waals surface area contributed by atoms with Gasteiger partial charge < -0.3 is 9.79 Å². The Hall–Kier alpha value is -1.14. The molecule has 2 N–H and O–H groups in total. The number of nitriles is 1. The molecule has 0 saturated heterocycles. The van der Waals surface area contributed by atoms with Crippen LogP contribution in [0.5, 0.6) is 0 Å². The molecule has 1 aromatic rings. The molecule has 0 radical (unpaired) electrons. The Bertz CT molecular complexity index is 466. The van der Waals surface area contributed by atoms with Gasteiger partial charge in [0.1, 0.15) is 0 Å². The average molecular weight is 253 g/mol. The molecule has 0 aliphatic carbocycles. The van der Waals surface area contributed by atoms with Crippen molar-refractivity contribution in [1.82, 2.24) is 0 Å². The van der Waals surface area contributed by atoms with Crippen LogP contribution in [-0.2, 0) is 9.72 Å². The Morgan fingerprint density at radius 1 is 1.24 bits per heavy atom. The van der Waals surface area contributed by atoms with Gasteiger partial charge in [-0.2, -0.15) is 5.26 Å². The highest BCUT2D eigenvalue weighted by Gasteiger charge is 2.45. The fourth-order valence-corrected chi connectivity index (χ4v) is 3.40. The van der Waals surface area contributed by atoms with E-state index in [1.165, 1.54) is 0 Å². The molecule has 4 nitrogen and oxygen atoms in total. The number of hydrogen-bond acceptors (Lipinski definition) is 2. The van der Waals surface area contributed by atoms with Crippen molar-refractivity contribution in [3.05, 3.63) is 35.4 Å². The molecule has 5 heteroatoms. The zero-order valence-electron chi connectivity index (χ0n) is 9.92. The van der Waals surface area contributed by atoms with Crippen LogP contribution in [0.1, 0.15) is 37.8 Å². The molecule has 0 aliphatic rings. The van der Waals surface area contributed by atoms with E-state index in [9.17, 15) is 14.4 Å².